The molecule has 0 radical (unpaired) electrons. The molecule has 1 N–H and O–H groups in total. The number of carboxylic acids is 1. The third kappa shape index (κ3) is 4.25. The Balaban J connectivity index is 2.02. The zero-order chi connectivity index (χ0) is 17.2. The van der Waals surface area contributed by atoms with E-state index in [1.807, 2.05) is 0 Å². The van der Waals surface area contributed by atoms with Gasteiger partial charge in [-0.3, -0.25) is 9.59 Å². The fourth-order valence-corrected chi connectivity index (χ4v) is 5.54. The standard InChI is InChI=1S/C16H27NO5S/c1-17(13-5-3-4-6-14(13)23(2,21)22)15(18)11-7-9-12(10-8-11)16(19)20/h11-14H,3-10H2,1-2H3,(H,19,20)/t11?,12?,13-,14+/m0/s1. The zero-order valence-electron chi connectivity index (χ0n) is 13.9. The van der Waals surface area contributed by atoms with E-state index in [0.717, 1.165) is 19.3 Å². The zero-order valence-corrected chi connectivity index (χ0v) is 14.7. The summed E-state index contributed by atoms with van der Waals surface area (Å²) in [6.45, 7) is 0. The van der Waals surface area contributed by atoms with E-state index in [1.165, 1.54) is 6.26 Å². The highest BCUT2D eigenvalue weighted by molar-refractivity contribution is 7.91. The van der Waals surface area contributed by atoms with Gasteiger partial charge in [0.1, 0.15) is 0 Å². The first-order valence-electron chi connectivity index (χ1n) is 8.40. The molecule has 0 aromatic rings. The minimum atomic E-state index is -3.18. The Kier molecular flexibility index (Phi) is 5.70. The maximum Gasteiger partial charge on any atom is 0.306 e. The van der Waals surface area contributed by atoms with Crippen molar-refractivity contribution >= 4 is 21.7 Å². The normalized spacial score (nSPS) is 32.3. The molecular weight excluding hydrogens is 318 g/mol. The number of carboxylic acid groups (broad SMARTS) is 1. The molecular formula is C16H27NO5S. The number of rotatable bonds is 4. The summed E-state index contributed by atoms with van der Waals surface area (Å²) < 4.78 is 24.0. The lowest BCUT2D eigenvalue weighted by Gasteiger charge is -2.39. The van der Waals surface area contributed by atoms with Crippen LogP contribution in [0.5, 0.6) is 0 Å². The van der Waals surface area contributed by atoms with Gasteiger partial charge in [0.05, 0.1) is 11.2 Å². The molecule has 0 spiro atoms. The number of aliphatic carboxylic acids is 1. The maximum absolute atomic E-state index is 12.7. The Bertz CT molecular complexity index is 551. The summed E-state index contributed by atoms with van der Waals surface area (Å²) in [5.74, 6) is -1.32. The lowest BCUT2D eigenvalue weighted by Crippen LogP contribution is -2.51. The smallest absolute Gasteiger partial charge is 0.306 e. The first kappa shape index (κ1) is 18.2. The number of carbonyl (C=O) groups is 2. The Morgan fingerprint density at radius 2 is 1.48 bits per heavy atom. The molecule has 2 aliphatic rings. The molecule has 0 aliphatic heterocycles. The van der Waals surface area contributed by atoms with Crippen LogP contribution in [0.2, 0.25) is 0 Å². The van der Waals surface area contributed by atoms with Gasteiger partial charge in [0.25, 0.3) is 0 Å². The van der Waals surface area contributed by atoms with Crippen molar-refractivity contribution in [3.63, 3.8) is 0 Å². The van der Waals surface area contributed by atoms with Crippen LogP contribution in [0.1, 0.15) is 51.4 Å². The number of sulfone groups is 1. The van der Waals surface area contributed by atoms with Crippen LogP contribution in [-0.2, 0) is 19.4 Å². The molecule has 7 heteroatoms. The summed E-state index contributed by atoms with van der Waals surface area (Å²) in [6.07, 6.45) is 6.65. The fourth-order valence-electron chi connectivity index (χ4n) is 4.06. The molecule has 2 aliphatic carbocycles. The molecule has 2 saturated carbocycles. The highest BCUT2D eigenvalue weighted by atomic mass is 32.2. The lowest BCUT2D eigenvalue weighted by molar-refractivity contribution is -0.146. The van der Waals surface area contributed by atoms with E-state index in [1.54, 1.807) is 11.9 Å². The van der Waals surface area contributed by atoms with Gasteiger partial charge < -0.3 is 10.0 Å². The van der Waals surface area contributed by atoms with Gasteiger partial charge >= 0.3 is 5.97 Å². The predicted octanol–water partition coefficient (Wildman–Crippen LogP) is 1.69. The topological polar surface area (TPSA) is 91.8 Å². The van der Waals surface area contributed by atoms with E-state index < -0.39 is 21.1 Å². The van der Waals surface area contributed by atoms with Crippen LogP contribution >= 0.6 is 0 Å². The molecule has 132 valence electrons. The SMILES string of the molecule is CN(C(=O)C1CCC(C(=O)O)CC1)[C@H]1CCCC[C@H]1S(C)(=O)=O. The van der Waals surface area contributed by atoms with Crippen LogP contribution in [0.15, 0.2) is 0 Å². The van der Waals surface area contributed by atoms with E-state index >= 15 is 0 Å². The summed E-state index contributed by atoms with van der Waals surface area (Å²) in [5, 5.41) is 8.57. The van der Waals surface area contributed by atoms with E-state index in [2.05, 4.69) is 0 Å². The summed E-state index contributed by atoms with van der Waals surface area (Å²) in [5.41, 5.74) is 0. The Morgan fingerprint density at radius 3 is 2.00 bits per heavy atom. The molecule has 2 fully saturated rings. The predicted molar refractivity (Wildman–Crippen MR) is 86.7 cm³/mol. The molecule has 2 rings (SSSR count). The van der Waals surface area contributed by atoms with Gasteiger partial charge in [-0.2, -0.15) is 0 Å². The van der Waals surface area contributed by atoms with Crippen molar-refractivity contribution in [1.82, 2.24) is 4.90 Å². The minimum absolute atomic E-state index is 0.0191. The molecule has 1 amide bonds. The minimum Gasteiger partial charge on any atom is -0.481 e. The van der Waals surface area contributed by atoms with Crippen LogP contribution in [0.3, 0.4) is 0 Å². The molecule has 0 aromatic carbocycles. The second-order valence-corrected chi connectivity index (χ2v) is 9.32. The molecule has 2 atom stereocenters. The van der Waals surface area contributed by atoms with Gasteiger partial charge in [-0.25, -0.2) is 8.42 Å². The number of amides is 1. The van der Waals surface area contributed by atoms with Crippen LogP contribution < -0.4 is 0 Å². The van der Waals surface area contributed by atoms with Crippen LogP contribution in [0, 0.1) is 11.8 Å². The van der Waals surface area contributed by atoms with Gasteiger partial charge in [0.2, 0.25) is 5.91 Å². The first-order valence-corrected chi connectivity index (χ1v) is 10.4. The van der Waals surface area contributed by atoms with Crippen molar-refractivity contribution in [2.45, 2.75) is 62.7 Å². The van der Waals surface area contributed by atoms with E-state index in [-0.39, 0.29) is 23.8 Å². The second-order valence-electron chi connectivity index (χ2n) is 7.06. The van der Waals surface area contributed by atoms with Crippen molar-refractivity contribution < 1.29 is 23.1 Å². The molecule has 0 saturated heterocycles. The number of hydrogen-bond donors (Lipinski definition) is 1. The van der Waals surface area contributed by atoms with Crippen LogP contribution in [0.25, 0.3) is 0 Å². The molecule has 0 heterocycles. The van der Waals surface area contributed by atoms with Crippen molar-refractivity contribution in [3.05, 3.63) is 0 Å². The Hall–Kier alpha value is -1.11. The van der Waals surface area contributed by atoms with Crippen molar-refractivity contribution in [2.24, 2.45) is 11.8 Å². The molecule has 0 bridgehead atoms. The monoisotopic (exact) mass is 345 g/mol. The summed E-state index contributed by atoms with van der Waals surface area (Å²) in [4.78, 5) is 25.4. The van der Waals surface area contributed by atoms with E-state index in [4.69, 9.17) is 5.11 Å². The van der Waals surface area contributed by atoms with Crippen molar-refractivity contribution in [3.8, 4) is 0 Å². The van der Waals surface area contributed by atoms with E-state index in [0.29, 0.717) is 32.1 Å². The van der Waals surface area contributed by atoms with Crippen molar-refractivity contribution in [2.75, 3.05) is 13.3 Å². The Morgan fingerprint density at radius 1 is 0.957 bits per heavy atom. The first-order chi connectivity index (χ1) is 10.7. The summed E-state index contributed by atoms with van der Waals surface area (Å²) in [6, 6.07) is -0.247. The fraction of sp³-hybridized carbons (Fsp3) is 0.875. The average Bonchev–Trinajstić information content (AvgIpc) is 2.52. The lowest BCUT2D eigenvalue weighted by atomic mass is 9.81. The third-order valence-corrected chi connectivity index (χ3v) is 7.14. The summed E-state index contributed by atoms with van der Waals surface area (Å²) >= 11 is 0. The Labute approximate surface area is 138 Å². The van der Waals surface area contributed by atoms with Crippen LogP contribution in [-0.4, -0.2) is 54.9 Å². The summed E-state index contributed by atoms with van der Waals surface area (Å²) in [7, 11) is -1.47. The van der Waals surface area contributed by atoms with Crippen LogP contribution in [0.4, 0.5) is 0 Å². The highest BCUT2D eigenvalue weighted by Gasteiger charge is 2.39. The second kappa shape index (κ2) is 7.20. The maximum atomic E-state index is 12.7. The van der Waals surface area contributed by atoms with Crippen molar-refractivity contribution in [1.29, 1.82) is 0 Å². The molecule has 6 nitrogen and oxygen atoms in total. The van der Waals surface area contributed by atoms with Gasteiger partial charge in [0, 0.05) is 25.3 Å². The largest absolute Gasteiger partial charge is 0.481 e. The van der Waals surface area contributed by atoms with Gasteiger partial charge in [-0.15, -0.1) is 0 Å². The molecule has 0 unspecified atom stereocenters. The van der Waals surface area contributed by atoms with Gasteiger partial charge in [-0.1, -0.05) is 12.8 Å². The number of nitrogens with zero attached hydrogens (tertiary/aromatic N) is 1. The highest BCUT2D eigenvalue weighted by Crippen LogP contribution is 2.33. The van der Waals surface area contributed by atoms with E-state index in [9.17, 15) is 18.0 Å². The van der Waals surface area contributed by atoms with Gasteiger partial charge in [0.15, 0.2) is 9.84 Å². The number of hydrogen-bond acceptors (Lipinski definition) is 4. The molecule has 23 heavy (non-hydrogen) atoms. The third-order valence-electron chi connectivity index (χ3n) is 5.49. The molecule has 0 aromatic heterocycles. The van der Waals surface area contributed by atoms with Gasteiger partial charge in [-0.05, 0) is 38.5 Å². The number of carbonyl (C=O) groups excluding carboxylic acids is 1. The average molecular weight is 345 g/mol. The quantitative estimate of drug-likeness (QED) is 0.837.